The van der Waals surface area contributed by atoms with E-state index in [1.807, 2.05) is 0 Å². The molecule has 0 bridgehead atoms. The van der Waals surface area contributed by atoms with Gasteiger partial charge in [-0.25, -0.2) is 0 Å². The topological polar surface area (TPSA) is 9.23 Å². The van der Waals surface area contributed by atoms with Crippen LogP contribution >= 0.6 is 6.89 Å². The Kier molecular flexibility index (Phi) is 2.11. The van der Waals surface area contributed by atoms with Gasteiger partial charge in [-0.1, -0.05) is 0 Å². The van der Waals surface area contributed by atoms with Gasteiger partial charge in [0.05, 0.1) is 0 Å². The van der Waals surface area contributed by atoms with Gasteiger partial charge in [0.15, 0.2) is 0 Å². The molecule has 0 fully saturated rings. The fraction of sp³-hybridized carbons (Fsp3) is 1.00. The predicted molar refractivity (Wildman–Crippen MR) is 23.5 cm³/mol. The lowest BCUT2D eigenvalue weighted by Crippen LogP contribution is -1.62. The number of halogens is 2. The van der Waals surface area contributed by atoms with Crippen LogP contribution < -0.4 is 0 Å². The largest absolute Gasteiger partial charge is 0.402 e. The highest BCUT2D eigenvalue weighted by atomic mass is 32.5. The first-order chi connectivity index (χ1) is 2.56. The molecule has 0 aliphatic carbocycles. The van der Waals surface area contributed by atoms with E-state index in [0.29, 0.717) is 0 Å². The summed E-state index contributed by atoms with van der Waals surface area (Å²) in [5.41, 5.74) is 0. The molecule has 0 aromatic rings. The smallest absolute Gasteiger partial charge is 0.306 e. The maximum absolute atomic E-state index is 11.2. The normalized spacial score (nSPS) is 11.8. The van der Waals surface area contributed by atoms with Crippen molar-refractivity contribution < 1.29 is 12.9 Å². The van der Waals surface area contributed by atoms with Crippen LogP contribution in [0.25, 0.3) is 0 Å². The first kappa shape index (κ1) is 6.47. The minimum absolute atomic E-state index is 0.904. The fourth-order valence-electron chi connectivity index (χ4n) is 0. The highest BCUT2D eigenvalue weighted by molar-refractivity contribution is 8.07. The van der Waals surface area contributed by atoms with Crippen LogP contribution in [0.5, 0.6) is 0 Å². The monoisotopic (exact) mass is 132 g/mol. The van der Waals surface area contributed by atoms with Gasteiger partial charge in [0, 0.05) is 18.9 Å². The van der Waals surface area contributed by atoms with E-state index in [-0.39, 0.29) is 0 Å². The molecule has 0 aromatic heterocycles. The summed E-state index contributed by atoms with van der Waals surface area (Å²) in [6.07, 6.45) is 0. The Balaban J connectivity index is 3.48. The number of rotatable bonds is 1. The molecule has 0 saturated carbocycles. The Morgan fingerprint density at radius 3 is 1.83 bits per heavy atom. The molecule has 0 rings (SSSR count). The molecule has 0 aliphatic rings. The van der Waals surface area contributed by atoms with Crippen molar-refractivity contribution >= 4 is 18.7 Å². The zero-order valence-electron chi connectivity index (χ0n) is 3.02. The van der Waals surface area contributed by atoms with Crippen molar-refractivity contribution in [3.63, 3.8) is 0 Å². The third kappa shape index (κ3) is 4.47. The molecular formula is CH3F2OPS. The molecule has 0 N–H and O–H groups in total. The maximum atomic E-state index is 11.2. The van der Waals surface area contributed by atoms with Crippen LogP contribution in [0.2, 0.25) is 0 Å². The summed E-state index contributed by atoms with van der Waals surface area (Å²) in [6.45, 7) is -4.31. The van der Waals surface area contributed by atoms with Crippen molar-refractivity contribution in [3.05, 3.63) is 0 Å². The van der Waals surface area contributed by atoms with E-state index >= 15 is 0 Å². The molecule has 6 heavy (non-hydrogen) atoms. The van der Waals surface area contributed by atoms with Gasteiger partial charge in [-0.2, -0.15) is 8.39 Å². The Hall–Kier alpha value is 0.470. The number of hydrogen-bond acceptors (Lipinski definition) is 2. The minimum Gasteiger partial charge on any atom is -0.306 e. The summed E-state index contributed by atoms with van der Waals surface area (Å²) in [4.78, 5) is 0. The third-order valence-electron chi connectivity index (χ3n) is 0.213. The van der Waals surface area contributed by atoms with Gasteiger partial charge in [-0.15, -0.1) is 0 Å². The molecule has 0 atom stereocenters. The quantitative estimate of drug-likeness (QED) is 0.503. The fourth-order valence-corrected chi connectivity index (χ4v) is 0. The lowest BCUT2D eigenvalue weighted by atomic mass is 11.8. The van der Waals surface area contributed by atoms with E-state index in [1.54, 1.807) is 0 Å². The Bertz CT molecular complexity index is 77.6. The molecule has 0 heterocycles. The Morgan fingerprint density at radius 1 is 1.67 bits per heavy atom. The average molecular weight is 132 g/mol. The van der Waals surface area contributed by atoms with Crippen molar-refractivity contribution in [1.82, 2.24) is 0 Å². The van der Waals surface area contributed by atoms with Crippen molar-refractivity contribution in [2.45, 2.75) is 0 Å². The molecule has 0 unspecified atom stereocenters. The molecule has 0 amide bonds. The standard InChI is InChI=1S/CH3F2OPS/c1-4-5(2,3)6/h1H3. The summed E-state index contributed by atoms with van der Waals surface area (Å²) in [7, 11) is 0.904. The van der Waals surface area contributed by atoms with E-state index in [2.05, 4.69) is 16.3 Å². The molecule has 0 aromatic carbocycles. The van der Waals surface area contributed by atoms with Crippen LogP contribution in [0.1, 0.15) is 0 Å². The highest BCUT2D eigenvalue weighted by Crippen LogP contribution is 2.49. The predicted octanol–water partition coefficient (Wildman–Crippen LogP) is 1.80. The van der Waals surface area contributed by atoms with E-state index in [0.717, 1.165) is 7.11 Å². The van der Waals surface area contributed by atoms with Crippen molar-refractivity contribution in [2.24, 2.45) is 0 Å². The van der Waals surface area contributed by atoms with Gasteiger partial charge in [-0.05, 0) is 0 Å². The van der Waals surface area contributed by atoms with Crippen LogP contribution in [0.3, 0.4) is 0 Å². The van der Waals surface area contributed by atoms with Gasteiger partial charge in [-0.3, -0.25) is 0 Å². The second-order valence-corrected chi connectivity index (χ2v) is 3.07. The Morgan fingerprint density at radius 2 is 1.83 bits per heavy atom. The zero-order valence-corrected chi connectivity index (χ0v) is 4.73. The SMILES string of the molecule is COP(F)(F)=S. The molecule has 0 saturated heterocycles. The molecule has 0 aliphatic heterocycles. The molecule has 5 heteroatoms. The minimum atomic E-state index is -4.31. The highest BCUT2D eigenvalue weighted by Gasteiger charge is 2.07. The van der Waals surface area contributed by atoms with Gasteiger partial charge >= 0.3 is 6.89 Å². The van der Waals surface area contributed by atoms with Crippen LogP contribution in [0.15, 0.2) is 0 Å². The lowest BCUT2D eigenvalue weighted by Gasteiger charge is -1.91. The second-order valence-electron chi connectivity index (χ2n) is 0.597. The zero-order chi connectivity index (χ0) is 5.21. The van der Waals surface area contributed by atoms with E-state index in [1.165, 1.54) is 0 Å². The van der Waals surface area contributed by atoms with Crippen molar-refractivity contribution in [2.75, 3.05) is 7.11 Å². The summed E-state index contributed by atoms with van der Waals surface area (Å²) < 4.78 is 25.8. The molecule has 0 spiro atoms. The van der Waals surface area contributed by atoms with E-state index in [4.69, 9.17) is 0 Å². The Labute approximate surface area is 39.6 Å². The van der Waals surface area contributed by atoms with Gasteiger partial charge in [0.25, 0.3) is 0 Å². The maximum Gasteiger partial charge on any atom is 0.402 e. The second kappa shape index (κ2) is 1.96. The molecular weight excluding hydrogens is 129 g/mol. The lowest BCUT2D eigenvalue weighted by molar-refractivity contribution is 0.391. The average Bonchev–Trinajstić information content (AvgIpc) is 1.35. The van der Waals surface area contributed by atoms with Crippen LogP contribution in [-0.4, -0.2) is 7.11 Å². The summed E-state index contributed by atoms with van der Waals surface area (Å²) in [5.74, 6) is 0. The molecule has 1 nitrogen and oxygen atoms in total. The van der Waals surface area contributed by atoms with Crippen molar-refractivity contribution in [3.8, 4) is 0 Å². The molecule has 38 valence electrons. The summed E-state index contributed by atoms with van der Waals surface area (Å²) >= 11 is 3.54. The first-order valence-electron chi connectivity index (χ1n) is 1.11. The van der Waals surface area contributed by atoms with Crippen LogP contribution in [0.4, 0.5) is 8.39 Å². The van der Waals surface area contributed by atoms with Crippen molar-refractivity contribution in [1.29, 1.82) is 0 Å². The van der Waals surface area contributed by atoms with Gasteiger partial charge in [0.2, 0.25) is 0 Å². The first-order valence-corrected chi connectivity index (χ1v) is 3.61. The van der Waals surface area contributed by atoms with Gasteiger partial charge < -0.3 is 4.52 Å². The summed E-state index contributed by atoms with van der Waals surface area (Å²) in [5, 5.41) is 0. The van der Waals surface area contributed by atoms with Crippen LogP contribution in [0, 0.1) is 0 Å². The van der Waals surface area contributed by atoms with E-state index < -0.39 is 6.89 Å². The van der Waals surface area contributed by atoms with Gasteiger partial charge in [0.1, 0.15) is 0 Å². The van der Waals surface area contributed by atoms with Crippen LogP contribution in [-0.2, 0) is 16.3 Å². The third-order valence-corrected chi connectivity index (χ3v) is 1.08. The summed E-state index contributed by atoms with van der Waals surface area (Å²) in [6, 6.07) is 0. The number of hydrogen-bond donors (Lipinski definition) is 0. The van der Waals surface area contributed by atoms with E-state index in [9.17, 15) is 8.39 Å². The molecule has 0 radical (unpaired) electrons.